The molecule has 0 spiro atoms. The van der Waals surface area contributed by atoms with Crippen LogP contribution in [0.15, 0.2) is 0 Å². The SMILES string of the molecule is CCNC(Cc1c(Cl)c(CC)nn1CC)C1CCCCC1. The molecule has 2 rings (SSSR count). The van der Waals surface area contributed by atoms with Crippen molar-refractivity contribution < 1.29 is 0 Å². The molecule has 1 aromatic heterocycles. The van der Waals surface area contributed by atoms with E-state index in [4.69, 9.17) is 11.6 Å². The summed E-state index contributed by atoms with van der Waals surface area (Å²) in [5.74, 6) is 0.792. The van der Waals surface area contributed by atoms with Crippen LogP contribution in [0.25, 0.3) is 0 Å². The van der Waals surface area contributed by atoms with Crippen LogP contribution in [0.1, 0.15) is 64.3 Å². The Morgan fingerprint density at radius 3 is 2.52 bits per heavy atom. The molecule has 1 unspecified atom stereocenters. The van der Waals surface area contributed by atoms with Crippen molar-refractivity contribution in [3.8, 4) is 0 Å². The summed E-state index contributed by atoms with van der Waals surface area (Å²) in [5, 5.41) is 9.27. The molecule has 1 atom stereocenters. The fraction of sp³-hybridized carbons (Fsp3) is 0.824. The van der Waals surface area contributed by atoms with Gasteiger partial charge in [0.05, 0.1) is 16.4 Å². The van der Waals surface area contributed by atoms with Crippen molar-refractivity contribution in [1.82, 2.24) is 15.1 Å². The summed E-state index contributed by atoms with van der Waals surface area (Å²) in [7, 11) is 0. The van der Waals surface area contributed by atoms with Crippen LogP contribution in [0.5, 0.6) is 0 Å². The highest BCUT2D eigenvalue weighted by Gasteiger charge is 2.26. The minimum absolute atomic E-state index is 0.541. The number of nitrogens with zero attached hydrogens (tertiary/aromatic N) is 2. The van der Waals surface area contributed by atoms with Crippen molar-refractivity contribution in [2.45, 2.75) is 78.3 Å². The molecule has 1 aliphatic rings. The molecular weight excluding hydrogens is 282 g/mol. The zero-order chi connectivity index (χ0) is 15.2. The Morgan fingerprint density at radius 1 is 1.24 bits per heavy atom. The third-order valence-electron chi connectivity index (χ3n) is 4.79. The Morgan fingerprint density at radius 2 is 1.95 bits per heavy atom. The van der Waals surface area contributed by atoms with E-state index in [0.717, 1.165) is 42.6 Å². The number of likely N-dealkylation sites (N-methyl/N-ethyl adjacent to an activating group) is 1. The summed E-state index contributed by atoms with van der Waals surface area (Å²) in [6.45, 7) is 8.40. The molecule has 0 aromatic carbocycles. The molecule has 0 amide bonds. The van der Waals surface area contributed by atoms with E-state index in [2.05, 4.69) is 35.9 Å². The highest BCUT2D eigenvalue weighted by Crippen LogP contribution is 2.30. The summed E-state index contributed by atoms with van der Waals surface area (Å²) in [5.41, 5.74) is 2.28. The number of hydrogen-bond acceptors (Lipinski definition) is 2. The van der Waals surface area contributed by atoms with Gasteiger partial charge in [-0.1, -0.05) is 44.7 Å². The quantitative estimate of drug-likeness (QED) is 0.817. The van der Waals surface area contributed by atoms with Gasteiger partial charge in [0.1, 0.15) is 0 Å². The Kier molecular flexibility index (Phi) is 6.56. The lowest BCUT2D eigenvalue weighted by Gasteiger charge is -2.31. The molecule has 0 radical (unpaired) electrons. The molecule has 3 nitrogen and oxygen atoms in total. The smallest absolute Gasteiger partial charge is 0.0850 e. The van der Waals surface area contributed by atoms with Crippen molar-refractivity contribution in [2.75, 3.05) is 6.54 Å². The van der Waals surface area contributed by atoms with Crippen LogP contribution < -0.4 is 5.32 Å². The highest BCUT2D eigenvalue weighted by atomic mass is 35.5. The predicted molar refractivity (Wildman–Crippen MR) is 90.0 cm³/mol. The maximum atomic E-state index is 6.58. The van der Waals surface area contributed by atoms with Gasteiger partial charge in [0, 0.05) is 19.0 Å². The normalized spacial score (nSPS) is 18.1. The second-order valence-corrected chi connectivity index (χ2v) is 6.52. The summed E-state index contributed by atoms with van der Waals surface area (Å²) in [6.07, 6.45) is 8.81. The fourth-order valence-electron chi connectivity index (χ4n) is 3.62. The van der Waals surface area contributed by atoms with Crippen LogP contribution in [0.4, 0.5) is 0 Å². The van der Waals surface area contributed by atoms with E-state index in [-0.39, 0.29) is 0 Å². The van der Waals surface area contributed by atoms with Crippen LogP contribution in [-0.4, -0.2) is 22.4 Å². The maximum absolute atomic E-state index is 6.58. The average Bonchev–Trinajstić information content (AvgIpc) is 2.83. The van der Waals surface area contributed by atoms with Gasteiger partial charge in [0.15, 0.2) is 0 Å². The minimum atomic E-state index is 0.541. The number of rotatable bonds is 7. The molecule has 1 heterocycles. The summed E-state index contributed by atoms with van der Waals surface area (Å²) in [4.78, 5) is 0. The number of aromatic nitrogens is 2. The highest BCUT2D eigenvalue weighted by molar-refractivity contribution is 6.31. The van der Waals surface area contributed by atoms with Crippen molar-refractivity contribution in [3.63, 3.8) is 0 Å². The summed E-state index contributed by atoms with van der Waals surface area (Å²) < 4.78 is 2.11. The standard InChI is InChI=1S/C17H30ClN3/c1-4-14-17(18)16(21(6-3)20-14)12-15(19-5-2)13-10-8-7-9-11-13/h13,15,19H,4-12H2,1-3H3. The van der Waals surface area contributed by atoms with Crippen LogP contribution >= 0.6 is 11.6 Å². The van der Waals surface area contributed by atoms with Gasteiger partial charge in [-0.2, -0.15) is 5.10 Å². The van der Waals surface area contributed by atoms with Gasteiger partial charge in [-0.15, -0.1) is 0 Å². The Balaban J connectivity index is 2.17. The molecular formula is C17H30ClN3. The molecule has 120 valence electrons. The van der Waals surface area contributed by atoms with E-state index >= 15 is 0 Å². The van der Waals surface area contributed by atoms with E-state index < -0.39 is 0 Å². The molecule has 0 bridgehead atoms. The first kappa shape index (κ1) is 16.8. The van der Waals surface area contributed by atoms with Crippen molar-refractivity contribution in [1.29, 1.82) is 0 Å². The third-order valence-corrected chi connectivity index (χ3v) is 5.23. The molecule has 0 saturated heterocycles. The Bertz CT molecular complexity index is 435. The largest absolute Gasteiger partial charge is 0.314 e. The van der Waals surface area contributed by atoms with Gasteiger partial charge in [-0.25, -0.2) is 0 Å². The molecule has 1 aromatic rings. The van der Waals surface area contributed by atoms with Gasteiger partial charge in [-0.05, 0) is 38.6 Å². The fourth-order valence-corrected chi connectivity index (χ4v) is 3.97. The summed E-state index contributed by atoms with van der Waals surface area (Å²) >= 11 is 6.58. The topological polar surface area (TPSA) is 29.9 Å². The van der Waals surface area contributed by atoms with E-state index in [0.29, 0.717) is 6.04 Å². The second kappa shape index (κ2) is 8.19. The van der Waals surface area contributed by atoms with Gasteiger partial charge < -0.3 is 5.32 Å². The predicted octanol–water partition coefficient (Wildman–Crippen LogP) is 4.22. The molecule has 1 saturated carbocycles. The monoisotopic (exact) mass is 311 g/mol. The van der Waals surface area contributed by atoms with Crippen LogP contribution in [0, 0.1) is 5.92 Å². The van der Waals surface area contributed by atoms with E-state index in [1.165, 1.54) is 37.8 Å². The zero-order valence-corrected chi connectivity index (χ0v) is 14.5. The number of aryl methyl sites for hydroxylation is 2. The van der Waals surface area contributed by atoms with Crippen molar-refractivity contribution in [3.05, 3.63) is 16.4 Å². The van der Waals surface area contributed by atoms with Gasteiger partial charge >= 0.3 is 0 Å². The van der Waals surface area contributed by atoms with E-state index in [9.17, 15) is 0 Å². The lowest BCUT2D eigenvalue weighted by molar-refractivity contribution is 0.266. The minimum Gasteiger partial charge on any atom is -0.314 e. The lowest BCUT2D eigenvalue weighted by atomic mass is 9.82. The lowest BCUT2D eigenvalue weighted by Crippen LogP contribution is -2.39. The van der Waals surface area contributed by atoms with E-state index in [1.54, 1.807) is 0 Å². The molecule has 21 heavy (non-hydrogen) atoms. The Labute approximate surface area is 134 Å². The van der Waals surface area contributed by atoms with Crippen molar-refractivity contribution >= 4 is 11.6 Å². The first-order valence-corrected chi connectivity index (χ1v) is 9.06. The van der Waals surface area contributed by atoms with E-state index in [1.807, 2.05) is 0 Å². The number of nitrogens with one attached hydrogen (secondary N) is 1. The zero-order valence-electron chi connectivity index (χ0n) is 13.8. The van der Waals surface area contributed by atoms with Gasteiger partial charge in [0.2, 0.25) is 0 Å². The maximum Gasteiger partial charge on any atom is 0.0850 e. The first-order chi connectivity index (χ1) is 10.2. The summed E-state index contributed by atoms with van der Waals surface area (Å²) in [6, 6.07) is 0.541. The van der Waals surface area contributed by atoms with Crippen LogP contribution in [-0.2, 0) is 19.4 Å². The second-order valence-electron chi connectivity index (χ2n) is 6.14. The first-order valence-electron chi connectivity index (χ1n) is 8.68. The third kappa shape index (κ3) is 4.01. The molecule has 1 N–H and O–H groups in total. The molecule has 0 aliphatic heterocycles. The van der Waals surface area contributed by atoms with Crippen molar-refractivity contribution in [2.24, 2.45) is 5.92 Å². The Hall–Kier alpha value is -0.540. The van der Waals surface area contributed by atoms with Crippen LogP contribution in [0.3, 0.4) is 0 Å². The van der Waals surface area contributed by atoms with Crippen LogP contribution in [0.2, 0.25) is 5.02 Å². The molecule has 4 heteroatoms. The van der Waals surface area contributed by atoms with Gasteiger partial charge in [-0.3, -0.25) is 4.68 Å². The molecule has 1 fully saturated rings. The number of halogens is 1. The van der Waals surface area contributed by atoms with Gasteiger partial charge in [0.25, 0.3) is 0 Å². The number of hydrogen-bond donors (Lipinski definition) is 1. The average molecular weight is 312 g/mol. The molecule has 1 aliphatic carbocycles.